The summed E-state index contributed by atoms with van der Waals surface area (Å²) in [6, 6.07) is 12.2. The summed E-state index contributed by atoms with van der Waals surface area (Å²) in [6.07, 6.45) is -0.368. The number of hydrogen-bond donors (Lipinski definition) is 0. The van der Waals surface area contributed by atoms with Gasteiger partial charge < -0.3 is 19.4 Å². The van der Waals surface area contributed by atoms with Crippen LogP contribution in [0.15, 0.2) is 36.4 Å². The minimum Gasteiger partial charge on any atom is -0.449 e. The van der Waals surface area contributed by atoms with Crippen molar-refractivity contribution >= 4 is 23.0 Å². The van der Waals surface area contributed by atoms with Gasteiger partial charge in [-0.1, -0.05) is 12.1 Å². The highest BCUT2D eigenvalue weighted by molar-refractivity contribution is 5.96. The molecule has 0 aliphatic carbocycles. The third-order valence-electron chi connectivity index (χ3n) is 4.58. The topological polar surface area (TPSA) is 36.0 Å². The fourth-order valence-corrected chi connectivity index (χ4v) is 3.11. The summed E-state index contributed by atoms with van der Waals surface area (Å²) >= 11 is 0. The van der Waals surface area contributed by atoms with Gasteiger partial charge in [0.05, 0.1) is 5.56 Å². The smallest absolute Gasteiger partial charge is 0.339 e. The molecule has 0 spiro atoms. The van der Waals surface area contributed by atoms with Crippen LogP contribution < -0.4 is 14.7 Å². The van der Waals surface area contributed by atoms with Gasteiger partial charge in [-0.15, -0.1) is 0 Å². The van der Waals surface area contributed by atoms with E-state index in [1.165, 1.54) is 0 Å². The van der Waals surface area contributed by atoms with Gasteiger partial charge >= 0.3 is 5.97 Å². The van der Waals surface area contributed by atoms with E-state index in [0.29, 0.717) is 5.56 Å². The summed E-state index contributed by atoms with van der Waals surface area (Å²) in [5.74, 6) is -0.259. The highest BCUT2D eigenvalue weighted by Crippen LogP contribution is 2.41. The van der Waals surface area contributed by atoms with Gasteiger partial charge in [-0.3, -0.25) is 0 Å². The van der Waals surface area contributed by atoms with Crippen LogP contribution in [-0.2, 0) is 4.74 Å². The van der Waals surface area contributed by atoms with Crippen LogP contribution in [0.2, 0.25) is 0 Å². The van der Waals surface area contributed by atoms with Gasteiger partial charge in [0.25, 0.3) is 0 Å². The Labute approximate surface area is 149 Å². The molecule has 0 bridgehead atoms. The molecule has 1 heterocycles. The van der Waals surface area contributed by atoms with E-state index in [-0.39, 0.29) is 12.1 Å². The number of benzene rings is 2. The van der Waals surface area contributed by atoms with Gasteiger partial charge in [-0.25, -0.2) is 4.79 Å². The zero-order valence-electron chi connectivity index (χ0n) is 15.7. The van der Waals surface area contributed by atoms with E-state index in [2.05, 4.69) is 28.0 Å². The molecule has 1 atom stereocenters. The van der Waals surface area contributed by atoms with Crippen LogP contribution in [0, 0.1) is 0 Å². The predicted molar refractivity (Wildman–Crippen MR) is 103 cm³/mol. The molecule has 2 aromatic rings. The van der Waals surface area contributed by atoms with Crippen LogP contribution in [0.1, 0.15) is 27.6 Å². The summed E-state index contributed by atoms with van der Waals surface area (Å²) in [6.45, 7) is 0. The van der Waals surface area contributed by atoms with Crippen molar-refractivity contribution in [2.75, 3.05) is 57.0 Å². The lowest BCUT2D eigenvalue weighted by molar-refractivity contribution is 0.0456. The first-order valence-corrected chi connectivity index (χ1v) is 8.30. The predicted octanol–water partition coefficient (Wildman–Crippen LogP) is 3.14. The molecule has 1 aliphatic rings. The molecular formula is C20H25N3O2. The highest BCUT2D eigenvalue weighted by Gasteiger charge is 2.34. The summed E-state index contributed by atoms with van der Waals surface area (Å²) in [7, 11) is 12.0. The highest BCUT2D eigenvalue weighted by atomic mass is 16.5. The fraction of sp³-hybridized carbons (Fsp3) is 0.350. The van der Waals surface area contributed by atoms with Crippen molar-refractivity contribution in [2.45, 2.75) is 6.10 Å². The van der Waals surface area contributed by atoms with Crippen molar-refractivity contribution in [3.8, 4) is 0 Å². The molecule has 3 rings (SSSR count). The normalized spacial score (nSPS) is 15.6. The number of nitrogens with zero attached hydrogens (tertiary/aromatic N) is 3. The van der Waals surface area contributed by atoms with Gasteiger partial charge in [0.1, 0.15) is 0 Å². The molecule has 0 N–H and O–H groups in total. The first-order chi connectivity index (χ1) is 11.8. The zero-order valence-corrected chi connectivity index (χ0v) is 15.7. The van der Waals surface area contributed by atoms with E-state index in [9.17, 15) is 4.79 Å². The molecule has 132 valence electrons. The lowest BCUT2D eigenvalue weighted by Gasteiger charge is -2.24. The van der Waals surface area contributed by atoms with Crippen molar-refractivity contribution in [1.29, 1.82) is 0 Å². The van der Waals surface area contributed by atoms with Crippen LogP contribution in [0.25, 0.3) is 0 Å². The Morgan fingerprint density at radius 1 is 0.760 bits per heavy atom. The van der Waals surface area contributed by atoms with Crippen LogP contribution >= 0.6 is 0 Å². The summed E-state index contributed by atoms with van der Waals surface area (Å²) in [5, 5.41) is 0. The molecule has 0 amide bonds. The quantitative estimate of drug-likeness (QED) is 0.800. The third-order valence-corrected chi connectivity index (χ3v) is 4.58. The van der Waals surface area contributed by atoms with E-state index in [1.807, 2.05) is 65.4 Å². The number of esters is 1. The summed E-state index contributed by atoms with van der Waals surface area (Å²) in [5.41, 5.74) is 5.73. The molecule has 0 saturated carbocycles. The van der Waals surface area contributed by atoms with Crippen LogP contribution in [0.3, 0.4) is 0 Å². The average Bonchev–Trinajstić information content (AvgIpc) is 2.90. The van der Waals surface area contributed by atoms with E-state index in [4.69, 9.17) is 4.74 Å². The van der Waals surface area contributed by atoms with E-state index >= 15 is 0 Å². The Morgan fingerprint density at radius 2 is 1.32 bits per heavy atom. The minimum atomic E-state index is -0.368. The number of rotatable bonds is 4. The third kappa shape index (κ3) is 3.02. The Kier molecular flexibility index (Phi) is 4.33. The van der Waals surface area contributed by atoms with Crippen molar-refractivity contribution in [3.05, 3.63) is 53.1 Å². The molecule has 2 aromatic carbocycles. The Hall–Kier alpha value is -2.69. The first kappa shape index (κ1) is 17.1. The molecule has 0 fully saturated rings. The molecule has 25 heavy (non-hydrogen) atoms. The summed E-state index contributed by atoms with van der Waals surface area (Å²) < 4.78 is 5.75. The number of carbonyl (C=O) groups excluding carboxylic acids is 1. The minimum absolute atomic E-state index is 0.259. The molecule has 0 saturated heterocycles. The maximum Gasteiger partial charge on any atom is 0.339 e. The number of anilines is 3. The fourth-order valence-electron chi connectivity index (χ4n) is 3.11. The van der Waals surface area contributed by atoms with Gasteiger partial charge in [0.2, 0.25) is 0 Å². The average molecular weight is 339 g/mol. The monoisotopic (exact) mass is 339 g/mol. The molecule has 0 radical (unpaired) electrons. The number of carbonyl (C=O) groups is 1. The molecule has 0 aromatic heterocycles. The maximum absolute atomic E-state index is 12.4. The standard InChI is InChI=1S/C20H25N3O2/c1-21(2)13-7-9-15-17(11-13)20(24)25-19(15)16-10-8-14(22(3)4)12-18(16)23(5)6/h7-12,19H,1-6H3. The van der Waals surface area contributed by atoms with Gasteiger partial charge in [0.15, 0.2) is 6.10 Å². The number of cyclic esters (lactones) is 1. The number of ether oxygens (including phenoxy) is 1. The van der Waals surface area contributed by atoms with Crippen LogP contribution in [0.4, 0.5) is 17.1 Å². The Morgan fingerprint density at radius 3 is 1.88 bits per heavy atom. The largest absolute Gasteiger partial charge is 0.449 e. The lowest BCUT2D eigenvalue weighted by Crippen LogP contribution is -2.16. The van der Waals surface area contributed by atoms with Crippen molar-refractivity contribution in [3.63, 3.8) is 0 Å². The maximum atomic E-state index is 12.4. The molecule has 5 heteroatoms. The van der Waals surface area contributed by atoms with Crippen LogP contribution in [0.5, 0.6) is 0 Å². The second-order valence-electron chi connectivity index (χ2n) is 6.98. The van der Waals surface area contributed by atoms with Crippen molar-refractivity contribution < 1.29 is 9.53 Å². The Balaban J connectivity index is 2.09. The zero-order chi connectivity index (χ0) is 18.3. The van der Waals surface area contributed by atoms with E-state index < -0.39 is 0 Å². The van der Waals surface area contributed by atoms with Crippen LogP contribution in [-0.4, -0.2) is 48.3 Å². The van der Waals surface area contributed by atoms with Crippen molar-refractivity contribution in [2.24, 2.45) is 0 Å². The number of fused-ring (bicyclic) bond motifs is 1. The SMILES string of the molecule is CN(C)c1ccc2c(c1)C(=O)OC2c1ccc(N(C)C)cc1N(C)C. The second kappa shape index (κ2) is 6.31. The van der Waals surface area contributed by atoms with Gasteiger partial charge in [-0.2, -0.15) is 0 Å². The molecule has 5 nitrogen and oxygen atoms in total. The second-order valence-corrected chi connectivity index (χ2v) is 6.98. The Bertz CT molecular complexity index is 813. The first-order valence-electron chi connectivity index (χ1n) is 8.30. The van der Waals surface area contributed by atoms with E-state index in [1.54, 1.807) is 0 Å². The lowest BCUT2D eigenvalue weighted by atomic mass is 9.96. The van der Waals surface area contributed by atoms with Crippen molar-refractivity contribution in [1.82, 2.24) is 0 Å². The molecule has 1 aliphatic heterocycles. The van der Waals surface area contributed by atoms with Gasteiger partial charge in [0, 0.05) is 70.5 Å². The van der Waals surface area contributed by atoms with Gasteiger partial charge in [-0.05, 0) is 24.3 Å². The molecule has 1 unspecified atom stereocenters. The summed E-state index contributed by atoms with van der Waals surface area (Å²) in [4.78, 5) is 18.5. The van der Waals surface area contributed by atoms with E-state index in [0.717, 1.165) is 28.2 Å². The number of hydrogen-bond acceptors (Lipinski definition) is 5. The molecular weight excluding hydrogens is 314 g/mol.